The normalized spacial score (nSPS) is 26.2. The van der Waals surface area contributed by atoms with Crippen molar-refractivity contribution in [2.45, 2.75) is 82.9 Å². The number of carbonyl (C=O) groups is 1. The second kappa shape index (κ2) is 8.73. The third-order valence-corrected chi connectivity index (χ3v) is 7.43. The van der Waals surface area contributed by atoms with Crippen LogP contribution >= 0.6 is 0 Å². The highest BCUT2D eigenvalue weighted by Gasteiger charge is 2.41. The van der Waals surface area contributed by atoms with Gasteiger partial charge in [-0.1, -0.05) is 19.3 Å². The smallest absolute Gasteiger partial charge is 0.222 e. The van der Waals surface area contributed by atoms with E-state index in [0.717, 1.165) is 60.2 Å². The van der Waals surface area contributed by atoms with Gasteiger partial charge in [0.15, 0.2) is 5.65 Å². The van der Waals surface area contributed by atoms with Crippen LogP contribution in [0.25, 0.3) is 16.7 Å². The molecule has 2 saturated carbocycles. The highest BCUT2D eigenvalue weighted by molar-refractivity contribution is 5.95. The Bertz CT molecular complexity index is 1010. The first-order valence-electron chi connectivity index (χ1n) is 12.1. The zero-order valence-corrected chi connectivity index (χ0v) is 19.1. The summed E-state index contributed by atoms with van der Waals surface area (Å²) in [7, 11) is 1.71. The molecule has 2 fully saturated rings. The first-order valence-corrected chi connectivity index (χ1v) is 12.1. The predicted molar refractivity (Wildman–Crippen MR) is 125 cm³/mol. The van der Waals surface area contributed by atoms with Crippen molar-refractivity contribution in [3.8, 4) is 0 Å². The molecule has 1 amide bonds. The molecule has 0 aromatic carbocycles. The fraction of sp³-hybridized carbons (Fsp3) is 0.625. The minimum atomic E-state index is -0.357. The van der Waals surface area contributed by atoms with Gasteiger partial charge in [-0.3, -0.25) is 15.1 Å². The molecule has 8 nitrogen and oxygen atoms in total. The van der Waals surface area contributed by atoms with Crippen LogP contribution in [0.2, 0.25) is 0 Å². The van der Waals surface area contributed by atoms with Crippen LogP contribution in [0.3, 0.4) is 0 Å². The molecule has 2 aromatic heterocycles. The van der Waals surface area contributed by atoms with Crippen molar-refractivity contribution in [1.29, 1.82) is 0 Å². The van der Waals surface area contributed by atoms with Crippen LogP contribution in [-0.4, -0.2) is 39.4 Å². The van der Waals surface area contributed by atoms with Crippen LogP contribution in [-0.2, 0) is 16.2 Å². The molecule has 2 aromatic rings. The molecule has 3 heterocycles. The molecule has 3 N–H and O–H groups in total. The third-order valence-electron chi connectivity index (χ3n) is 7.43. The van der Waals surface area contributed by atoms with Gasteiger partial charge in [0.1, 0.15) is 5.60 Å². The summed E-state index contributed by atoms with van der Waals surface area (Å²) in [5, 5.41) is 12.2. The van der Waals surface area contributed by atoms with Crippen LogP contribution in [0.4, 0.5) is 5.69 Å². The Hall–Kier alpha value is -2.61. The van der Waals surface area contributed by atoms with Gasteiger partial charge >= 0.3 is 0 Å². The Kier molecular flexibility index (Phi) is 5.80. The SMILES string of the molecule is CCn1ncc2c(NC3CCCCC3)c(C3=CC4(CCC(C(=O)NC)CC4)ON3)cnc21. The van der Waals surface area contributed by atoms with Gasteiger partial charge < -0.3 is 10.6 Å². The maximum Gasteiger partial charge on any atom is 0.222 e. The van der Waals surface area contributed by atoms with E-state index in [1.165, 1.54) is 32.1 Å². The van der Waals surface area contributed by atoms with Gasteiger partial charge in [0, 0.05) is 37.3 Å². The van der Waals surface area contributed by atoms with Crippen LogP contribution in [0.1, 0.15) is 70.3 Å². The number of amides is 1. The number of fused-ring (bicyclic) bond motifs is 1. The Morgan fingerprint density at radius 1 is 1.22 bits per heavy atom. The lowest BCUT2D eigenvalue weighted by Crippen LogP contribution is -2.39. The lowest BCUT2D eigenvalue weighted by Gasteiger charge is -2.33. The first-order chi connectivity index (χ1) is 15.6. The van der Waals surface area contributed by atoms with Gasteiger partial charge in [0.05, 0.1) is 23.0 Å². The van der Waals surface area contributed by atoms with E-state index in [4.69, 9.17) is 9.82 Å². The molecule has 0 atom stereocenters. The second-order valence-corrected chi connectivity index (χ2v) is 9.44. The number of nitrogens with one attached hydrogen (secondary N) is 3. The van der Waals surface area contributed by atoms with Crippen LogP contribution < -0.4 is 16.1 Å². The van der Waals surface area contributed by atoms with Gasteiger partial charge in [-0.05, 0) is 51.5 Å². The molecule has 2 aliphatic carbocycles. The number of hydrogen-bond donors (Lipinski definition) is 3. The van der Waals surface area contributed by atoms with Crippen molar-refractivity contribution >= 4 is 28.3 Å². The number of hydrogen-bond acceptors (Lipinski definition) is 6. The van der Waals surface area contributed by atoms with Gasteiger partial charge in [0.25, 0.3) is 0 Å². The molecule has 8 heteroatoms. The van der Waals surface area contributed by atoms with Crippen molar-refractivity contribution < 1.29 is 9.63 Å². The van der Waals surface area contributed by atoms with Crippen molar-refractivity contribution in [1.82, 2.24) is 25.6 Å². The summed E-state index contributed by atoms with van der Waals surface area (Å²) in [5.41, 5.74) is 6.85. The van der Waals surface area contributed by atoms with E-state index in [2.05, 4.69) is 34.2 Å². The molecule has 1 spiro atoms. The van der Waals surface area contributed by atoms with Gasteiger partial charge in [0.2, 0.25) is 5.91 Å². The van der Waals surface area contributed by atoms with Crippen molar-refractivity contribution in [2.75, 3.05) is 12.4 Å². The second-order valence-electron chi connectivity index (χ2n) is 9.44. The molecule has 0 bridgehead atoms. The summed E-state index contributed by atoms with van der Waals surface area (Å²) < 4.78 is 1.94. The first kappa shape index (κ1) is 21.2. The van der Waals surface area contributed by atoms with Gasteiger partial charge in [-0.15, -0.1) is 0 Å². The quantitative estimate of drug-likeness (QED) is 0.658. The molecule has 172 valence electrons. The fourth-order valence-corrected chi connectivity index (χ4v) is 5.50. The number of aryl methyl sites for hydroxylation is 1. The maximum atomic E-state index is 12.0. The lowest BCUT2D eigenvalue weighted by molar-refractivity contribution is -0.128. The maximum absolute atomic E-state index is 12.0. The number of pyridine rings is 1. The Morgan fingerprint density at radius 2 is 2.00 bits per heavy atom. The average Bonchev–Trinajstić information content (AvgIpc) is 3.44. The van der Waals surface area contributed by atoms with E-state index in [-0.39, 0.29) is 17.4 Å². The van der Waals surface area contributed by atoms with Crippen molar-refractivity contribution in [2.24, 2.45) is 5.92 Å². The number of carbonyl (C=O) groups excluding carboxylic acids is 1. The van der Waals surface area contributed by atoms with E-state index in [1.807, 2.05) is 17.1 Å². The Balaban J connectivity index is 1.46. The van der Waals surface area contributed by atoms with Gasteiger partial charge in [-0.25, -0.2) is 9.67 Å². The Morgan fingerprint density at radius 3 is 2.72 bits per heavy atom. The predicted octanol–water partition coefficient (Wildman–Crippen LogP) is 3.75. The van der Waals surface area contributed by atoms with E-state index in [0.29, 0.717) is 6.04 Å². The van der Waals surface area contributed by atoms with E-state index >= 15 is 0 Å². The molecular weight excluding hydrogens is 404 g/mol. The largest absolute Gasteiger partial charge is 0.381 e. The summed E-state index contributed by atoms with van der Waals surface area (Å²) in [4.78, 5) is 22.9. The molecule has 0 saturated heterocycles. The topological polar surface area (TPSA) is 93.1 Å². The number of nitrogens with zero attached hydrogens (tertiary/aromatic N) is 3. The van der Waals surface area contributed by atoms with E-state index < -0.39 is 0 Å². The molecular formula is C24H34N6O2. The van der Waals surface area contributed by atoms with Crippen molar-refractivity contribution in [3.63, 3.8) is 0 Å². The zero-order valence-electron chi connectivity index (χ0n) is 19.1. The fourth-order valence-electron chi connectivity index (χ4n) is 5.50. The molecule has 0 unspecified atom stereocenters. The number of hydroxylamine groups is 1. The number of rotatable bonds is 5. The molecule has 0 radical (unpaired) electrons. The zero-order chi connectivity index (χ0) is 22.1. The molecule has 5 rings (SSSR count). The monoisotopic (exact) mass is 438 g/mol. The minimum Gasteiger partial charge on any atom is -0.381 e. The van der Waals surface area contributed by atoms with Crippen molar-refractivity contribution in [3.05, 3.63) is 24.0 Å². The van der Waals surface area contributed by atoms with E-state index in [9.17, 15) is 4.79 Å². The summed E-state index contributed by atoms with van der Waals surface area (Å²) in [6, 6.07) is 0.470. The Labute approximate surface area is 189 Å². The van der Waals surface area contributed by atoms with Gasteiger partial charge in [-0.2, -0.15) is 5.10 Å². The summed E-state index contributed by atoms with van der Waals surface area (Å²) >= 11 is 0. The highest BCUT2D eigenvalue weighted by Crippen LogP contribution is 2.42. The van der Waals surface area contributed by atoms with Crippen LogP contribution in [0.15, 0.2) is 18.5 Å². The van der Waals surface area contributed by atoms with Crippen LogP contribution in [0.5, 0.6) is 0 Å². The summed E-state index contributed by atoms with van der Waals surface area (Å²) in [5.74, 6) is 0.213. The molecule has 1 aliphatic heterocycles. The minimum absolute atomic E-state index is 0.0769. The summed E-state index contributed by atoms with van der Waals surface area (Å²) in [6.45, 7) is 2.88. The highest BCUT2D eigenvalue weighted by atomic mass is 16.7. The molecule has 3 aliphatic rings. The number of anilines is 1. The average molecular weight is 439 g/mol. The third kappa shape index (κ3) is 3.85. The standard InChI is InChI=1S/C24H34N6O2/c1-3-30-22-19(15-27-30)21(28-17-7-5-4-6-8-17)18(14-26-22)20-13-24(32-29-20)11-9-16(10-12-24)23(31)25-2/h13-17,29H,3-12H2,1-2H3,(H,25,31)(H,26,28). The van der Waals surface area contributed by atoms with E-state index in [1.54, 1.807) is 7.05 Å². The molecule has 32 heavy (non-hydrogen) atoms. The number of aromatic nitrogens is 3. The lowest BCUT2D eigenvalue weighted by atomic mass is 9.78. The van der Waals surface area contributed by atoms with Crippen LogP contribution in [0, 0.1) is 5.92 Å². The summed E-state index contributed by atoms with van der Waals surface area (Å²) in [6.07, 6.45) is 15.7.